The number of aromatic nitrogens is 1. The molecule has 0 amide bonds. The SMILES string of the molecule is CCN=c1scc(-c2ccc(Br)cc2)n1N=C1CCC(C)CC1. The van der Waals surface area contributed by atoms with Gasteiger partial charge in [0.15, 0.2) is 0 Å². The molecule has 1 aliphatic carbocycles. The van der Waals surface area contributed by atoms with Gasteiger partial charge in [-0.1, -0.05) is 35.0 Å². The number of benzene rings is 1. The summed E-state index contributed by atoms with van der Waals surface area (Å²) in [6.07, 6.45) is 4.71. The van der Waals surface area contributed by atoms with Crippen molar-refractivity contribution in [3.05, 3.63) is 38.9 Å². The molecule has 2 aromatic rings. The number of thiazole rings is 1. The molecule has 1 aliphatic rings. The van der Waals surface area contributed by atoms with Gasteiger partial charge in [0.1, 0.15) is 0 Å². The van der Waals surface area contributed by atoms with Gasteiger partial charge in [0, 0.05) is 27.7 Å². The lowest BCUT2D eigenvalue weighted by molar-refractivity contribution is 0.481. The second-order valence-electron chi connectivity index (χ2n) is 6.05. The third-order valence-electron chi connectivity index (χ3n) is 4.21. The number of hydrogen-bond acceptors (Lipinski definition) is 3. The Hall–Kier alpha value is -1.20. The summed E-state index contributed by atoms with van der Waals surface area (Å²) in [6, 6.07) is 8.40. The van der Waals surface area contributed by atoms with Crippen LogP contribution in [0.4, 0.5) is 0 Å². The molecule has 0 atom stereocenters. The third-order valence-corrected chi connectivity index (χ3v) is 5.59. The van der Waals surface area contributed by atoms with Gasteiger partial charge in [0.05, 0.1) is 5.69 Å². The van der Waals surface area contributed by atoms with Crippen LogP contribution in [0.25, 0.3) is 11.3 Å². The van der Waals surface area contributed by atoms with E-state index in [-0.39, 0.29) is 0 Å². The fraction of sp³-hybridized carbons (Fsp3) is 0.444. The first-order valence-corrected chi connectivity index (χ1v) is 9.88. The lowest BCUT2D eigenvalue weighted by Gasteiger charge is -2.19. The van der Waals surface area contributed by atoms with E-state index in [0.717, 1.165) is 40.3 Å². The number of rotatable bonds is 3. The van der Waals surface area contributed by atoms with E-state index in [2.05, 4.69) is 64.4 Å². The molecule has 1 aromatic carbocycles. The van der Waals surface area contributed by atoms with Gasteiger partial charge in [0.2, 0.25) is 4.80 Å². The predicted octanol–water partition coefficient (Wildman–Crippen LogP) is 5.31. The summed E-state index contributed by atoms with van der Waals surface area (Å²) in [6.45, 7) is 5.18. The van der Waals surface area contributed by atoms with Gasteiger partial charge < -0.3 is 0 Å². The van der Waals surface area contributed by atoms with Gasteiger partial charge in [-0.25, -0.2) is 4.68 Å². The number of hydrogen-bond donors (Lipinski definition) is 0. The molecule has 122 valence electrons. The van der Waals surface area contributed by atoms with E-state index < -0.39 is 0 Å². The molecule has 1 saturated carbocycles. The first-order chi connectivity index (χ1) is 11.2. The fourth-order valence-electron chi connectivity index (χ4n) is 2.80. The third kappa shape index (κ3) is 4.01. The van der Waals surface area contributed by atoms with Crippen molar-refractivity contribution in [3.8, 4) is 11.3 Å². The topological polar surface area (TPSA) is 29.6 Å². The summed E-state index contributed by atoms with van der Waals surface area (Å²) in [5.41, 5.74) is 3.61. The van der Waals surface area contributed by atoms with Crippen LogP contribution in [0.15, 0.2) is 44.2 Å². The van der Waals surface area contributed by atoms with E-state index in [0.29, 0.717) is 0 Å². The van der Waals surface area contributed by atoms with Crippen molar-refractivity contribution in [2.24, 2.45) is 16.0 Å². The minimum absolute atomic E-state index is 0.780. The first kappa shape index (κ1) is 16.7. The Morgan fingerprint density at radius 3 is 2.57 bits per heavy atom. The highest BCUT2D eigenvalue weighted by atomic mass is 79.9. The molecule has 3 rings (SSSR count). The molecule has 0 bridgehead atoms. The van der Waals surface area contributed by atoms with Gasteiger partial charge in [-0.3, -0.25) is 4.99 Å². The van der Waals surface area contributed by atoms with Crippen LogP contribution in [0.3, 0.4) is 0 Å². The summed E-state index contributed by atoms with van der Waals surface area (Å²) in [5.74, 6) is 0.826. The molecule has 0 N–H and O–H groups in total. The lowest BCUT2D eigenvalue weighted by Crippen LogP contribution is -2.18. The van der Waals surface area contributed by atoms with Gasteiger partial charge in [0.25, 0.3) is 0 Å². The van der Waals surface area contributed by atoms with Crippen molar-refractivity contribution >= 4 is 33.0 Å². The van der Waals surface area contributed by atoms with Crippen LogP contribution < -0.4 is 4.80 Å². The zero-order chi connectivity index (χ0) is 16.2. The Kier molecular flexibility index (Phi) is 5.49. The van der Waals surface area contributed by atoms with Gasteiger partial charge in [-0.05, 0) is 50.7 Å². The Labute approximate surface area is 149 Å². The highest BCUT2D eigenvalue weighted by molar-refractivity contribution is 9.10. The summed E-state index contributed by atoms with van der Waals surface area (Å²) in [7, 11) is 0. The molecule has 23 heavy (non-hydrogen) atoms. The second-order valence-corrected chi connectivity index (χ2v) is 7.80. The summed E-state index contributed by atoms with van der Waals surface area (Å²) in [5, 5.41) is 7.13. The summed E-state index contributed by atoms with van der Waals surface area (Å²) >= 11 is 5.17. The van der Waals surface area contributed by atoms with Crippen molar-refractivity contribution in [2.45, 2.75) is 39.5 Å². The maximum Gasteiger partial charge on any atom is 0.206 e. The zero-order valence-corrected chi connectivity index (χ0v) is 16.0. The molecule has 5 heteroatoms. The smallest absolute Gasteiger partial charge is 0.206 e. The minimum Gasteiger partial charge on any atom is -0.258 e. The van der Waals surface area contributed by atoms with Crippen molar-refractivity contribution in [3.63, 3.8) is 0 Å². The molecule has 0 aliphatic heterocycles. The van der Waals surface area contributed by atoms with E-state index in [1.165, 1.54) is 24.1 Å². The molecule has 0 unspecified atom stereocenters. The minimum atomic E-state index is 0.780. The average molecular weight is 392 g/mol. The summed E-state index contributed by atoms with van der Waals surface area (Å²) in [4.78, 5) is 5.60. The number of nitrogens with zero attached hydrogens (tertiary/aromatic N) is 3. The largest absolute Gasteiger partial charge is 0.258 e. The van der Waals surface area contributed by atoms with Gasteiger partial charge >= 0.3 is 0 Å². The van der Waals surface area contributed by atoms with E-state index in [1.807, 2.05) is 4.68 Å². The Bertz CT molecular complexity index is 745. The standard InChI is InChI=1S/C18H22BrN3S/c1-3-20-18-22(21-16-10-4-13(2)5-11-16)17(12-23-18)14-6-8-15(19)9-7-14/h6-9,12-13H,3-5,10-11H2,1-2H3. The predicted molar refractivity (Wildman–Crippen MR) is 102 cm³/mol. The van der Waals surface area contributed by atoms with Crippen molar-refractivity contribution in [1.82, 2.24) is 4.68 Å². The van der Waals surface area contributed by atoms with E-state index in [4.69, 9.17) is 5.10 Å². The average Bonchev–Trinajstić information content (AvgIpc) is 2.94. The maximum absolute atomic E-state index is 4.97. The van der Waals surface area contributed by atoms with Crippen LogP contribution in [0.2, 0.25) is 0 Å². The van der Waals surface area contributed by atoms with Crippen molar-refractivity contribution in [2.75, 3.05) is 6.54 Å². The highest BCUT2D eigenvalue weighted by Gasteiger charge is 2.15. The van der Waals surface area contributed by atoms with Crippen molar-refractivity contribution < 1.29 is 0 Å². The molecular weight excluding hydrogens is 370 g/mol. The van der Waals surface area contributed by atoms with Crippen LogP contribution in [-0.4, -0.2) is 16.9 Å². The fourth-order valence-corrected chi connectivity index (χ4v) is 3.96. The number of halogens is 1. The second kappa shape index (κ2) is 7.58. The molecule has 0 radical (unpaired) electrons. The zero-order valence-electron chi connectivity index (χ0n) is 13.6. The molecular formula is C18H22BrN3S. The van der Waals surface area contributed by atoms with Crippen molar-refractivity contribution in [1.29, 1.82) is 0 Å². The normalized spacial score (nSPS) is 19.2. The molecule has 1 fully saturated rings. The van der Waals surface area contributed by atoms with Crippen LogP contribution in [0.5, 0.6) is 0 Å². The quantitative estimate of drug-likeness (QED) is 0.677. The van der Waals surface area contributed by atoms with Gasteiger partial charge in [-0.15, -0.1) is 11.3 Å². The Morgan fingerprint density at radius 2 is 1.91 bits per heavy atom. The lowest BCUT2D eigenvalue weighted by atomic mass is 9.90. The Balaban J connectivity index is 2.03. The van der Waals surface area contributed by atoms with Crippen LogP contribution in [0.1, 0.15) is 39.5 Å². The molecule has 1 heterocycles. The van der Waals surface area contributed by atoms with Gasteiger partial charge in [-0.2, -0.15) is 5.10 Å². The molecule has 0 spiro atoms. The Morgan fingerprint density at radius 1 is 1.22 bits per heavy atom. The van der Waals surface area contributed by atoms with Crippen LogP contribution >= 0.6 is 27.3 Å². The molecule has 0 saturated heterocycles. The van der Waals surface area contributed by atoms with E-state index >= 15 is 0 Å². The monoisotopic (exact) mass is 391 g/mol. The molecule has 1 aromatic heterocycles. The summed E-state index contributed by atoms with van der Waals surface area (Å²) < 4.78 is 3.14. The molecule has 3 nitrogen and oxygen atoms in total. The van der Waals surface area contributed by atoms with Crippen LogP contribution in [0, 0.1) is 5.92 Å². The first-order valence-electron chi connectivity index (χ1n) is 8.21. The van der Waals surface area contributed by atoms with E-state index in [9.17, 15) is 0 Å². The van der Waals surface area contributed by atoms with Crippen LogP contribution in [-0.2, 0) is 0 Å². The van der Waals surface area contributed by atoms with E-state index in [1.54, 1.807) is 11.3 Å². The maximum atomic E-state index is 4.97. The highest BCUT2D eigenvalue weighted by Crippen LogP contribution is 2.25.